The fourth-order valence-corrected chi connectivity index (χ4v) is 4.01. The topological polar surface area (TPSA) is 91.3 Å². The van der Waals surface area contributed by atoms with Gasteiger partial charge < -0.3 is 24.1 Å². The van der Waals surface area contributed by atoms with E-state index in [1.165, 1.54) is 6.07 Å². The first-order valence-electron chi connectivity index (χ1n) is 12.6. The van der Waals surface area contributed by atoms with Crippen LogP contribution in [0.25, 0.3) is 12.2 Å². The summed E-state index contributed by atoms with van der Waals surface area (Å²) in [5, 5.41) is 10.8. The van der Waals surface area contributed by atoms with Gasteiger partial charge in [-0.15, -0.1) is 0 Å². The third-order valence-electron chi connectivity index (χ3n) is 6.05. The lowest BCUT2D eigenvalue weighted by molar-refractivity contribution is -0.149. The van der Waals surface area contributed by atoms with E-state index in [-0.39, 0.29) is 17.3 Å². The molecule has 0 heterocycles. The third-order valence-corrected chi connectivity index (χ3v) is 6.31. The zero-order valence-corrected chi connectivity index (χ0v) is 23.8. The molecule has 0 aromatic heterocycles. The molecule has 4 rings (SSSR count). The maximum absolute atomic E-state index is 13.0. The van der Waals surface area contributed by atoms with Gasteiger partial charge in [0.15, 0.2) is 5.78 Å². The number of esters is 1. The van der Waals surface area contributed by atoms with Crippen LogP contribution in [0.1, 0.15) is 40.9 Å². The van der Waals surface area contributed by atoms with Gasteiger partial charge in [-0.2, -0.15) is 0 Å². The van der Waals surface area contributed by atoms with E-state index in [1.807, 2.05) is 18.2 Å². The number of aromatic hydroxyl groups is 1. The summed E-state index contributed by atoms with van der Waals surface area (Å²) in [6.07, 6.45) is 3.58. The molecule has 41 heavy (non-hydrogen) atoms. The molecule has 0 aliphatic carbocycles. The van der Waals surface area contributed by atoms with Gasteiger partial charge in [-0.3, -0.25) is 4.79 Å². The zero-order valence-electron chi connectivity index (χ0n) is 23.0. The maximum Gasteiger partial charge on any atom is 0.355 e. The van der Waals surface area contributed by atoms with Gasteiger partial charge in [0.25, 0.3) is 0 Å². The molecule has 0 amide bonds. The number of hydrogen-bond acceptors (Lipinski definition) is 7. The van der Waals surface area contributed by atoms with E-state index in [4.69, 9.17) is 30.5 Å². The van der Waals surface area contributed by atoms with E-state index in [2.05, 4.69) is 0 Å². The van der Waals surface area contributed by atoms with Crippen LogP contribution in [0.5, 0.6) is 28.7 Å². The molecule has 0 fully saturated rings. The van der Waals surface area contributed by atoms with E-state index in [1.54, 1.807) is 101 Å². The summed E-state index contributed by atoms with van der Waals surface area (Å²) in [6.45, 7) is 3.14. The minimum Gasteiger partial charge on any atom is -0.508 e. The first-order valence-corrected chi connectivity index (χ1v) is 13.0. The van der Waals surface area contributed by atoms with Crippen LogP contribution in [-0.4, -0.2) is 36.7 Å². The second-order valence-corrected chi connectivity index (χ2v) is 10.0. The van der Waals surface area contributed by atoms with Crippen molar-refractivity contribution >= 4 is 35.5 Å². The van der Waals surface area contributed by atoms with Crippen molar-refractivity contribution in [1.29, 1.82) is 0 Å². The molecule has 1 N–H and O–H groups in total. The second-order valence-electron chi connectivity index (χ2n) is 9.60. The number of phenols is 1. The number of methoxy groups -OCH3 is 2. The zero-order chi connectivity index (χ0) is 29.6. The lowest BCUT2D eigenvalue weighted by Crippen LogP contribution is -2.41. The highest BCUT2D eigenvalue weighted by Gasteiger charge is 2.32. The molecule has 0 bridgehead atoms. The molecule has 0 radical (unpaired) electrons. The highest BCUT2D eigenvalue weighted by molar-refractivity contribution is 6.30. The van der Waals surface area contributed by atoms with E-state index in [0.717, 1.165) is 5.56 Å². The van der Waals surface area contributed by atoms with Crippen molar-refractivity contribution in [3.05, 3.63) is 112 Å². The van der Waals surface area contributed by atoms with Crippen molar-refractivity contribution < 1.29 is 33.6 Å². The largest absolute Gasteiger partial charge is 0.508 e. The van der Waals surface area contributed by atoms with E-state index in [0.29, 0.717) is 39.0 Å². The van der Waals surface area contributed by atoms with Crippen LogP contribution in [0, 0.1) is 0 Å². The summed E-state index contributed by atoms with van der Waals surface area (Å²) in [6, 6.07) is 23.1. The molecule has 7 nitrogen and oxygen atoms in total. The summed E-state index contributed by atoms with van der Waals surface area (Å²) >= 11 is 5.90. The van der Waals surface area contributed by atoms with Gasteiger partial charge in [0.05, 0.1) is 14.2 Å². The van der Waals surface area contributed by atoms with Crippen LogP contribution in [0.4, 0.5) is 0 Å². The molecule has 0 saturated heterocycles. The number of halogens is 1. The maximum atomic E-state index is 13.0. The Morgan fingerprint density at radius 3 is 1.78 bits per heavy atom. The summed E-state index contributed by atoms with van der Waals surface area (Å²) in [4.78, 5) is 25.7. The molecule has 0 atom stereocenters. The molecule has 0 aliphatic rings. The quantitative estimate of drug-likeness (QED) is 0.0927. The number of rotatable bonds is 10. The Morgan fingerprint density at radius 2 is 1.22 bits per heavy atom. The third kappa shape index (κ3) is 7.68. The summed E-state index contributed by atoms with van der Waals surface area (Å²) in [5.74, 6) is 0.909. The predicted molar refractivity (Wildman–Crippen MR) is 158 cm³/mol. The Hall–Kier alpha value is -4.75. The Balaban J connectivity index is 1.44. The van der Waals surface area contributed by atoms with Crippen molar-refractivity contribution in [2.75, 3.05) is 14.2 Å². The van der Waals surface area contributed by atoms with Gasteiger partial charge in [0.1, 0.15) is 28.7 Å². The average Bonchev–Trinajstić information content (AvgIpc) is 2.95. The molecule has 8 heteroatoms. The molecule has 0 unspecified atom stereocenters. The standard InChI is InChI=1S/C33H29ClO7/c1-33(2,41-27-13-9-24(10-14-27)31(36)23-7-11-25(34)12-8-23)32(37)40-30-18-21(15-26(35)19-30)5-6-22-16-28(38-3)20-29(17-22)39-4/h5-20,35H,1-4H3/b6-5+. The van der Waals surface area contributed by atoms with Crippen molar-refractivity contribution in [3.63, 3.8) is 0 Å². The molecule has 0 saturated carbocycles. The number of ketones is 1. The SMILES string of the molecule is COc1cc(/C=C/c2cc(O)cc(OC(=O)C(C)(C)Oc3ccc(C(=O)c4ccc(Cl)cc4)cc3)c2)cc(OC)c1. The first kappa shape index (κ1) is 29.2. The van der Waals surface area contributed by atoms with Crippen molar-refractivity contribution in [3.8, 4) is 28.7 Å². The normalized spacial score (nSPS) is 11.2. The number of phenolic OH excluding ortho intramolecular Hbond substituents is 1. The van der Waals surface area contributed by atoms with Crippen LogP contribution in [0.15, 0.2) is 84.9 Å². The minimum atomic E-state index is -1.37. The summed E-state index contributed by atoms with van der Waals surface area (Å²) < 4.78 is 22.1. The van der Waals surface area contributed by atoms with Gasteiger partial charge in [-0.05, 0) is 97.8 Å². The monoisotopic (exact) mass is 572 g/mol. The molecule has 0 aliphatic heterocycles. The van der Waals surface area contributed by atoms with Gasteiger partial charge >= 0.3 is 5.97 Å². The number of benzene rings is 4. The average molecular weight is 573 g/mol. The Kier molecular flexibility index (Phi) is 9.00. The Labute approximate surface area is 243 Å². The van der Waals surface area contributed by atoms with Gasteiger partial charge in [-0.1, -0.05) is 23.8 Å². The number of ether oxygens (including phenoxy) is 4. The summed E-state index contributed by atoms with van der Waals surface area (Å²) in [7, 11) is 3.14. The van der Waals surface area contributed by atoms with Gasteiger partial charge in [0, 0.05) is 28.3 Å². The highest BCUT2D eigenvalue weighted by Crippen LogP contribution is 2.28. The molecular formula is C33H29ClO7. The van der Waals surface area contributed by atoms with Crippen LogP contribution < -0.4 is 18.9 Å². The van der Waals surface area contributed by atoms with Crippen molar-refractivity contribution in [2.24, 2.45) is 0 Å². The van der Waals surface area contributed by atoms with Gasteiger partial charge in [-0.25, -0.2) is 4.79 Å². The fourth-order valence-electron chi connectivity index (χ4n) is 3.89. The van der Waals surface area contributed by atoms with Crippen molar-refractivity contribution in [2.45, 2.75) is 19.4 Å². The molecule has 210 valence electrons. The lowest BCUT2D eigenvalue weighted by Gasteiger charge is -2.24. The Morgan fingerprint density at radius 1 is 0.707 bits per heavy atom. The smallest absolute Gasteiger partial charge is 0.355 e. The van der Waals surface area contributed by atoms with E-state index >= 15 is 0 Å². The van der Waals surface area contributed by atoms with E-state index < -0.39 is 11.6 Å². The van der Waals surface area contributed by atoms with Crippen LogP contribution in [0.3, 0.4) is 0 Å². The molecule has 4 aromatic carbocycles. The van der Waals surface area contributed by atoms with Crippen LogP contribution in [-0.2, 0) is 4.79 Å². The lowest BCUT2D eigenvalue weighted by atomic mass is 10.0. The fraction of sp³-hybridized carbons (Fsp3) is 0.152. The highest BCUT2D eigenvalue weighted by atomic mass is 35.5. The number of hydrogen-bond donors (Lipinski definition) is 1. The number of carbonyl (C=O) groups is 2. The molecular weight excluding hydrogens is 544 g/mol. The summed E-state index contributed by atoms with van der Waals surface area (Å²) in [5.41, 5.74) is 1.02. The van der Waals surface area contributed by atoms with Crippen molar-refractivity contribution in [1.82, 2.24) is 0 Å². The van der Waals surface area contributed by atoms with Crippen LogP contribution >= 0.6 is 11.6 Å². The van der Waals surface area contributed by atoms with Crippen LogP contribution in [0.2, 0.25) is 5.02 Å². The predicted octanol–water partition coefficient (Wildman–Crippen LogP) is 7.23. The molecule has 0 spiro atoms. The first-order chi connectivity index (χ1) is 19.6. The Bertz CT molecular complexity index is 1550. The van der Waals surface area contributed by atoms with Gasteiger partial charge in [0.2, 0.25) is 5.60 Å². The number of carbonyl (C=O) groups excluding carboxylic acids is 2. The van der Waals surface area contributed by atoms with E-state index in [9.17, 15) is 14.7 Å². The minimum absolute atomic E-state index is 0.0714. The second kappa shape index (κ2) is 12.6. The molecule has 4 aromatic rings.